The van der Waals surface area contributed by atoms with E-state index in [4.69, 9.17) is 14.5 Å². The van der Waals surface area contributed by atoms with Gasteiger partial charge in [0, 0.05) is 19.3 Å². The number of hydrogen-bond acceptors (Lipinski definition) is 5. The largest absolute Gasteiger partial charge is 0.497 e. The number of anilines is 1. The van der Waals surface area contributed by atoms with E-state index in [-0.39, 0.29) is 11.6 Å². The van der Waals surface area contributed by atoms with Crippen LogP contribution < -0.4 is 15.6 Å². The number of carbonyl (C=O) groups is 1. The van der Waals surface area contributed by atoms with Gasteiger partial charge >= 0.3 is 6.03 Å². The number of aromatic nitrogens is 2. The number of fused-ring (bicyclic) bond motifs is 1. The van der Waals surface area contributed by atoms with Crippen molar-refractivity contribution in [1.29, 1.82) is 0 Å². The van der Waals surface area contributed by atoms with Gasteiger partial charge in [0.15, 0.2) is 0 Å². The first-order chi connectivity index (χ1) is 17.8. The number of methoxy groups -OCH3 is 2. The SMILES string of the molecule is COCCN(C(=O)Nc1ccc(OC)cc1)C(C)c1nc2ccccc2c(=O)n1-c1ccc(C)cc1C. The van der Waals surface area contributed by atoms with Gasteiger partial charge in [0.1, 0.15) is 11.6 Å². The first-order valence-corrected chi connectivity index (χ1v) is 12.1. The lowest BCUT2D eigenvalue weighted by Crippen LogP contribution is -2.41. The molecule has 0 spiro atoms. The summed E-state index contributed by atoms with van der Waals surface area (Å²) in [6.07, 6.45) is 0. The summed E-state index contributed by atoms with van der Waals surface area (Å²) in [5.74, 6) is 1.16. The zero-order chi connectivity index (χ0) is 26.5. The van der Waals surface area contributed by atoms with Crippen LogP contribution in [0.2, 0.25) is 0 Å². The quantitative estimate of drug-likeness (QED) is 0.357. The summed E-state index contributed by atoms with van der Waals surface area (Å²) in [6.45, 7) is 6.48. The van der Waals surface area contributed by atoms with Gasteiger partial charge in [-0.1, -0.05) is 29.8 Å². The number of benzene rings is 3. The third kappa shape index (κ3) is 5.49. The molecule has 37 heavy (non-hydrogen) atoms. The second-order valence-corrected chi connectivity index (χ2v) is 8.94. The molecular weight excluding hydrogens is 468 g/mol. The summed E-state index contributed by atoms with van der Waals surface area (Å²) in [5.41, 5.74) is 3.80. The molecule has 4 aromatic rings. The smallest absolute Gasteiger partial charge is 0.322 e. The van der Waals surface area contributed by atoms with Gasteiger partial charge in [-0.25, -0.2) is 9.78 Å². The van der Waals surface area contributed by atoms with E-state index in [1.54, 1.807) is 54.0 Å². The van der Waals surface area contributed by atoms with Crippen molar-refractivity contribution in [2.24, 2.45) is 0 Å². The molecule has 8 nitrogen and oxygen atoms in total. The Morgan fingerprint density at radius 1 is 1.05 bits per heavy atom. The Morgan fingerprint density at radius 2 is 1.78 bits per heavy atom. The van der Waals surface area contributed by atoms with Crippen molar-refractivity contribution in [3.8, 4) is 11.4 Å². The summed E-state index contributed by atoms with van der Waals surface area (Å²) in [6, 6.07) is 19.4. The summed E-state index contributed by atoms with van der Waals surface area (Å²) in [7, 11) is 3.18. The molecular formula is C29H32N4O4. The predicted molar refractivity (Wildman–Crippen MR) is 146 cm³/mol. The Bertz CT molecular complexity index is 1460. The third-order valence-corrected chi connectivity index (χ3v) is 6.37. The lowest BCUT2D eigenvalue weighted by molar-refractivity contribution is 0.137. The minimum Gasteiger partial charge on any atom is -0.497 e. The first kappa shape index (κ1) is 25.9. The zero-order valence-electron chi connectivity index (χ0n) is 21.8. The van der Waals surface area contributed by atoms with Gasteiger partial charge in [0.05, 0.1) is 36.3 Å². The maximum absolute atomic E-state index is 13.8. The predicted octanol–water partition coefficient (Wildman–Crippen LogP) is 5.25. The van der Waals surface area contributed by atoms with Crippen LogP contribution in [-0.4, -0.2) is 47.9 Å². The van der Waals surface area contributed by atoms with E-state index in [1.807, 2.05) is 57.2 Å². The number of carbonyl (C=O) groups excluding carboxylic acids is 1. The number of ether oxygens (including phenoxy) is 2. The highest BCUT2D eigenvalue weighted by Gasteiger charge is 2.27. The molecule has 3 aromatic carbocycles. The van der Waals surface area contributed by atoms with Crippen LogP contribution in [-0.2, 0) is 4.74 Å². The fraction of sp³-hybridized carbons (Fsp3) is 0.276. The normalized spacial score (nSPS) is 11.8. The highest BCUT2D eigenvalue weighted by Crippen LogP contribution is 2.26. The van der Waals surface area contributed by atoms with Crippen LogP contribution in [0.1, 0.15) is 29.9 Å². The van der Waals surface area contributed by atoms with Gasteiger partial charge < -0.3 is 19.7 Å². The van der Waals surface area contributed by atoms with Crippen molar-refractivity contribution in [3.63, 3.8) is 0 Å². The molecule has 1 heterocycles. The Balaban J connectivity index is 1.82. The maximum Gasteiger partial charge on any atom is 0.322 e. The van der Waals surface area contributed by atoms with Crippen LogP contribution in [0.4, 0.5) is 10.5 Å². The molecule has 1 N–H and O–H groups in total. The van der Waals surface area contributed by atoms with E-state index in [1.165, 1.54) is 0 Å². The van der Waals surface area contributed by atoms with E-state index in [9.17, 15) is 9.59 Å². The first-order valence-electron chi connectivity index (χ1n) is 12.1. The van der Waals surface area contributed by atoms with Crippen LogP contribution in [0, 0.1) is 13.8 Å². The monoisotopic (exact) mass is 500 g/mol. The molecule has 0 fully saturated rings. The second kappa shape index (κ2) is 11.3. The molecule has 4 rings (SSSR count). The number of rotatable bonds is 8. The molecule has 1 aromatic heterocycles. The summed E-state index contributed by atoms with van der Waals surface area (Å²) in [4.78, 5) is 33.9. The van der Waals surface area contributed by atoms with Crippen molar-refractivity contribution in [2.75, 3.05) is 32.7 Å². The number of aryl methyl sites for hydroxylation is 2. The second-order valence-electron chi connectivity index (χ2n) is 8.94. The number of amides is 2. The van der Waals surface area contributed by atoms with Crippen LogP contribution in [0.5, 0.6) is 5.75 Å². The minimum atomic E-state index is -0.550. The number of hydrogen-bond donors (Lipinski definition) is 1. The molecule has 0 aliphatic carbocycles. The summed E-state index contributed by atoms with van der Waals surface area (Å²) >= 11 is 0. The Kier molecular flexibility index (Phi) is 7.89. The van der Waals surface area contributed by atoms with E-state index in [2.05, 4.69) is 5.32 Å². The van der Waals surface area contributed by atoms with Crippen LogP contribution in [0.25, 0.3) is 16.6 Å². The molecule has 2 amide bonds. The number of urea groups is 1. The van der Waals surface area contributed by atoms with Gasteiger partial charge in [0.25, 0.3) is 5.56 Å². The third-order valence-electron chi connectivity index (χ3n) is 6.37. The number of para-hydroxylation sites is 1. The number of nitrogens with zero attached hydrogens (tertiary/aromatic N) is 3. The van der Waals surface area contributed by atoms with Crippen LogP contribution >= 0.6 is 0 Å². The van der Waals surface area contributed by atoms with E-state index in [0.29, 0.717) is 41.3 Å². The lowest BCUT2D eigenvalue weighted by atomic mass is 10.1. The van der Waals surface area contributed by atoms with E-state index < -0.39 is 6.04 Å². The fourth-order valence-corrected chi connectivity index (χ4v) is 4.39. The Labute approximate surface area is 216 Å². The molecule has 192 valence electrons. The summed E-state index contributed by atoms with van der Waals surface area (Å²) < 4.78 is 12.1. The lowest BCUT2D eigenvalue weighted by Gasteiger charge is -2.30. The van der Waals surface area contributed by atoms with Crippen LogP contribution in [0.15, 0.2) is 71.5 Å². The number of nitrogens with one attached hydrogen (secondary N) is 1. The van der Waals surface area contributed by atoms with Crippen molar-refractivity contribution < 1.29 is 14.3 Å². The fourth-order valence-electron chi connectivity index (χ4n) is 4.39. The molecule has 0 saturated carbocycles. The average molecular weight is 501 g/mol. The van der Waals surface area contributed by atoms with Crippen LogP contribution in [0.3, 0.4) is 0 Å². The average Bonchev–Trinajstić information content (AvgIpc) is 2.90. The standard InChI is InChI=1S/C29H32N4O4/c1-19-10-15-26(20(2)18-19)33-27(31-25-9-7-6-8-24(25)28(33)34)21(3)32(16-17-36-4)29(35)30-22-11-13-23(37-5)14-12-22/h6-15,18,21H,16-17H2,1-5H3,(H,30,35). The molecule has 8 heteroatoms. The minimum absolute atomic E-state index is 0.179. The van der Waals surface area contributed by atoms with Crippen molar-refractivity contribution in [3.05, 3.63) is 94.0 Å². The van der Waals surface area contributed by atoms with Crippen molar-refractivity contribution in [1.82, 2.24) is 14.5 Å². The Morgan fingerprint density at radius 3 is 2.46 bits per heavy atom. The van der Waals surface area contributed by atoms with Crippen molar-refractivity contribution >= 4 is 22.6 Å². The van der Waals surface area contributed by atoms with Gasteiger partial charge in [-0.05, 0) is 68.8 Å². The molecule has 0 aliphatic rings. The van der Waals surface area contributed by atoms with Crippen molar-refractivity contribution in [2.45, 2.75) is 26.8 Å². The molecule has 0 radical (unpaired) electrons. The van der Waals surface area contributed by atoms with Gasteiger partial charge in [0.2, 0.25) is 0 Å². The van der Waals surface area contributed by atoms with Gasteiger partial charge in [-0.2, -0.15) is 0 Å². The zero-order valence-corrected chi connectivity index (χ0v) is 21.8. The maximum atomic E-state index is 13.8. The molecule has 1 unspecified atom stereocenters. The van der Waals surface area contributed by atoms with E-state index >= 15 is 0 Å². The van der Waals surface area contributed by atoms with Gasteiger partial charge in [-0.3, -0.25) is 9.36 Å². The highest BCUT2D eigenvalue weighted by molar-refractivity contribution is 5.89. The van der Waals surface area contributed by atoms with Gasteiger partial charge in [-0.15, -0.1) is 0 Å². The van der Waals surface area contributed by atoms with E-state index in [0.717, 1.165) is 16.8 Å². The topological polar surface area (TPSA) is 85.7 Å². The molecule has 0 aliphatic heterocycles. The highest BCUT2D eigenvalue weighted by atomic mass is 16.5. The molecule has 1 atom stereocenters. The molecule has 0 saturated heterocycles. The Hall–Kier alpha value is -4.17. The molecule has 0 bridgehead atoms. The summed E-state index contributed by atoms with van der Waals surface area (Å²) in [5, 5.41) is 3.46.